The van der Waals surface area contributed by atoms with Gasteiger partial charge in [0.15, 0.2) is 0 Å². The molecule has 0 saturated heterocycles. The van der Waals surface area contributed by atoms with Gasteiger partial charge in [0.25, 0.3) is 0 Å². The maximum Gasteiger partial charge on any atom is 0.125 e. The molecule has 1 N–H and O–H groups in total. The van der Waals surface area contributed by atoms with Crippen LogP contribution in [0.1, 0.15) is 39.7 Å². The Morgan fingerprint density at radius 1 is 1.21 bits per heavy atom. The third-order valence-electron chi connectivity index (χ3n) is 3.03. The van der Waals surface area contributed by atoms with Crippen LogP contribution >= 0.6 is 0 Å². The summed E-state index contributed by atoms with van der Waals surface area (Å²) in [5.74, 6) is 0.429. The normalized spacial score (nSPS) is 11.1. The molecule has 0 fully saturated rings. The van der Waals surface area contributed by atoms with E-state index in [2.05, 4.69) is 44.0 Å². The molecule has 0 unspecified atom stereocenters. The van der Waals surface area contributed by atoms with E-state index in [1.54, 1.807) is 12.1 Å². The van der Waals surface area contributed by atoms with Crippen molar-refractivity contribution in [3.8, 4) is 0 Å². The van der Waals surface area contributed by atoms with Crippen LogP contribution in [0, 0.1) is 11.7 Å². The van der Waals surface area contributed by atoms with E-state index >= 15 is 0 Å². The Balaban J connectivity index is 2.81. The average molecular weight is 266 g/mol. The first kappa shape index (κ1) is 16.0. The number of hydrogen-bond acceptors (Lipinski definition) is 2. The van der Waals surface area contributed by atoms with E-state index in [-0.39, 0.29) is 5.82 Å². The van der Waals surface area contributed by atoms with Gasteiger partial charge >= 0.3 is 0 Å². The summed E-state index contributed by atoms with van der Waals surface area (Å²) < 4.78 is 13.7. The predicted molar refractivity (Wildman–Crippen MR) is 81.1 cm³/mol. The summed E-state index contributed by atoms with van der Waals surface area (Å²) in [5.41, 5.74) is 2.01. The smallest absolute Gasteiger partial charge is 0.125 e. The minimum absolute atomic E-state index is 0.145. The molecule has 3 heteroatoms. The lowest BCUT2D eigenvalue weighted by molar-refractivity contribution is 0.604. The molecule has 1 aromatic carbocycles. The van der Waals surface area contributed by atoms with Crippen molar-refractivity contribution in [2.24, 2.45) is 5.92 Å². The number of rotatable bonds is 8. The first-order chi connectivity index (χ1) is 9.06. The van der Waals surface area contributed by atoms with Crippen molar-refractivity contribution in [3.63, 3.8) is 0 Å². The van der Waals surface area contributed by atoms with Crippen molar-refractivity contribution in [2.45, 2.75) is 40.7 Å². The van der Waals surface area contributed by atoms with E-state index in [1.807, 2.05) is 0 Å². The van der Waals surface area contributed by atoms with Gasteiger partial charge in [-0.25, -0.2) is 4.39 Å². The summed E-state index contributed by atoms with van der Waals surface area (Å²) in [4.78, 5) is 2.23. The summed E-state index contributed by atoms with van der Waals surface area (Å²) >= 11 is 0. The van der Waals surface area contributed by atoms with Gasteiger partial charge in [-0.2, -0.15) is 0 Å². The molecule has 1 aromatic rings. The maximum atomic E-state index is 13.7. The average Bonchev–Trinajstić information content (AvgIpc) is 2.35. The van der Waals surface area contributed by atoms with Gasteiger partial charge in [0.05, 0.1) is 0 Å². The zero-order valence-electron chi connectivity index (χ0n) is 12.7. The number of nitrogens with one attached hydrogen (secondary N) is 1. The van der Waals surface area contributed by atoms with Crippen LogP contribution in [-0.4, -0.2) is 19.6 Å². The molecule has 19 heavy (non-hydrogen) atoms. The Hall–Kier alpha value is -1.09. The van der Waals surface area contributed by atoms with E-state index in [0.717, 1.165) is 43.9 Å². The van der Waals surface area contributed by atoms with Crippen molar-refractivity contribution < 1.29 is 4.39 Å². The van der Waals surface area contributed by atoms with Gasteiger partial charge < -0.3 is 10.2 Å². The molecule has 0 aliphatic heterocycles. The molecular formula is C16H27FN2. The van der Waals surface area contributed by atoms with Crippen LogP contribution in [0.4, 0.5) is 10.1 Å². The Labute approximate surface area is 117 Å². The maximum absolute atomic E-state index is 13.7. The van der Waals surface area contributed by atoms with Crippen LogP contribution in [0.5, 0.6) is 0 Å². The van der Waals surface area contributed by atoms with Crippen LogP contribution in [0.25, 0.3) is 0 Å². The lowest BCUT2D eigenvalue weighted by Gasteiger charge is -2.25. The fraction of sp³-hybridized carbons (Fsp3) is 0.625. The fourth-order valence-electron chi connectivity index (χ4n) is 2.19. The molecule has 0 aromatic heterocycles. The molecule has 0 amide bonds. The minimum Gasteiger partial charge on any atom is -0.371 e. The van der Waals surface area contributed by atoms with Gasteiger partial charge in [-0.1, -0.05) is 20.8 Å². The number of nitrogens with zero attached hydrogens (tertiary/aromatic N) is 1. The largest absolute Gasteiger partial charge is 0.371 e. The van der Waals surface area contributed by atoms with Crippen molar-refractivity contribution in [3.05, 3.63) is 29.6 Å². The fourth-order valence-corrected chi connectivity index (χ4v) is 2.19. The lowest BCUT2D eigenvalue weighted by Crippen LogP contribution is -2.27. The van der Waals surface area contributed by atoms with Crippen LogP contribution < -0.4 is 10.2 Å². The van der Waals surface area contributed by atoms with E-state index in [4.69, 9.17) is 0 Å². The Bertz CT molecular complexity index is 377. The number of halogens is 1. The first-order valence-corrected chi connectivity index (χ1v) is 7.31. The van der Waals surface area contributed by atoms with Gasteiger partial charge in [0, 0.05) is 25.3 Å². The highest BCUT2D eigenvalue weighted by molar-refractivity contribution is 5.49. The number of hydrogen-bond donors (Lipinski definition) is 1. The van der Waals surface area contributed by atoms with Crippen molar-refractivity contribution in [1.82, 2.24) is 5.32 Å². The third kappa shape index (κ3) is 5.60. The quantitative estimate of drug-likeness (QED) is 0.720. The second kappa shape index (κ2) is 8.16. The highest BCUT2D eigenvalue weighted by Gasteiger charge is 2.09. The second-order valence-corrected chi connectivity index (χ2v) is 5.43. The molecular weight excluding hydrogens is 239 g/mol. The summed E-state index contributed by atoms with van der Waals surface area (Å²) in [6.45, 7) is 12.2. The highest BCUT2D eigenvalue weighted by Crippen LogP contribution is 2.20. The third-order valence-corrected chi connectivity index (χ3v) is 3.03. The first-order valence-electron chi connectivity index (χ1n) is 7.31. The van der Waals surface area contributed by atoms with E-state index < -0.39 is 0 Å². The molecule has 0 radical (unpaired) electrons. The molecule has 0 atom stereocenters. The molecule has 0 saturated carbocycles. The molecule has 2 nitrogen and oxygen atoms in total. The molecule has 0 aliphatic rings. The van der Waals surface area contributed by atoms with Gasteiger partial charge in [0.1, 0.15) is 5.82 Å². The van der Waals surface area contributed by atoms with Gasteiger partial charge in [0.2, 0.25) is 0 Å². The SMILES string of the molecule is CCCNCc1cc(F)cc(N(CC)CC(C)C)c1. The Morgan fingerprint density at radius 3 is 2.53 bits per heavy atom. The summed E-state index contributed by atoms with van der Waals surface area (Å²) in [5, 5.41) is 3.32. The van der Waals surface area contributed by atoms with Gasteiger partial charge in [-0.15, -0.1) is 0 Å². The summed E-state index contributed by atoms with van der Waals surface area (Å²) in [7, 11) is 0. The number of anilines is 1. The van der Waals surface area contributed by atoms with Gasteiger partial charge in [-0.05, 0) is 49.6 Å². The molecule has 0 aliphatic carbocycles. The minimum atomic E-state index is -0.145. The predicted octanol–water partition coefficient (Wildman–Crippen LogP) is 3.81. The standard InChI is InChI=1S/C16H27FN2/c1-5-7-18-11-14-8-15(17)10-16(9-14)19(6-2)12-13(3)4/h8-10,13,18H,5-7,11-12H2,1-4H3. The lowest BCUT2D eigenvalue weighted by atomic mass is 10.1. The molecule has 1 rings (SSSR count). The zero-order valence-corrected chi connectivity index (χ0v) is 12.7. The van der Waals surface area contributed by atoms with Crippen molar-refractivity contribution >= 4 is 5.69 Å². The topological polar surface area (TPSA) is 15.3 Å². The zero-order chi connectivity index (χ0) is 14.3. The van der Waals surface area contributed by atoms with Crippen molar-refractivity contribution in [2.75, 3.05) is 24.5 Å². The summed E-state index contributed by atoms with van der Waals surface area (Å²) in [6, 6.07) is 5.35. The van der Waals surface area contributed by atoms with Crippen LogP contribution in [0.3, 0.4) is 0 Å². The van der Waals surface area contributed by atoms with E-state index in [0.29, 0.717) is 5.92 Å². The van der Waals surface area contributed by atoms with E-state index in [1.165, 1.54) is 0 Å². The molecule has 0 spiro atoms. The molecule has 108 valence electrons. The van der Waals surface area contributed by atoms with Gasteiger partial charge in [-0.3, -0.25) is 0 Å². The van der Waals surface area contributed by atoms with Crippen LogP contribution in [0.2, 0.25) is 0 Å². The van der Waals surface area contributed by atoms with Crippen LogP contribution in [-0.2, 0) is 6.54 Å². The molecule has 0 bridgehead atoms. The second-order valence-electron chi connectivity index (χ2n) is 5.43. The van der Waals surface area contributed by atoms with Crippen molar-refractivity contribution in [1.29, 1.82) is 0 Å². The van der Waals surface area contributed by atoms with Crippen LogP contribution in [0.15, 0.2) is 18.2 Å². The summed E-state index contributed by atoms with van der Waals surface area (Å²) in [6.07, 6.45) is 1.09. The van der Waals surface area contributed by atoms with E-state index in [9.17, 15) is 4.39 Å². The number of benzene rings is 1. The highest BCUT2D eigenvalue weighted by atomic mass is 19.1. The monoisotopic (exact) mass is 266 g/mol. The molecule has 0 heterocycles. The Kier molecular flexibility index (Phi) is 6.85. The Morgan fingerprint density at radius 2 is 1.95 bits per heavy atom.